The fourth-order valence-corrected chi connectivity index (χ4v) is 4.43. The highest BCUT2D eigenvalue weighted by atomic mass is 35.5. The second kappa shape index (κ2) is 9.13. The van der Waals surface area contributed by atoms with Crippen molar-refractivity contribution in [3.8, 4) is 0 Å². The molecule has 0 unspecified atom stereocenters. The van der Waals surface area contributed by atoms with Gasteiger partial charge in [-0.1, -0.05) is 23.2 Å². The quantitative estimate of drug-likeness (QED) is 0.738. The summed E-state index contributed by atoms with van der Waals surface area (Å²) in [7, 11) is -3.58. The molecule has 0 aromatic heterocycles. The number of hydrogen-bond donors (Lipinski definition) is 1. The molecule has 0 atom stereocenters. The Morgan fingerprint density at radius 3 is 2.36 bits per heavy atom. The second-order valence-electron chi connectivity index (χ2n) is 6.33. The van der Waals surface area contributed by atoms with Crippen LogP contribution in [0, 0.1) is 0 Å². The number of carbonyl (C=O) groups is 1. The zero-order valence-corrected chi connectivity index (χ0v) is 17.4. The second-order valence-corrected chi connectivity index (χ2v) is 9.31. The van der Waals surface area contributed by atoms with Crippen LogP contribution in [0.25, 0.3) is 0 Å². The Kier molecular flexibility index (Phi) is 6.82. The number of morpholine rings is 1. The van der Waals surface area contributed by atoms with E-state index in [-0.39, 0.29) is 17.1 Å². The molecule has 9 heteroatoms. The lowest BCUT2D eigenvalue weighted by Crippen LogP contribution is -2.36. The van der Waals surface area contributed by atoms with Crippen LogP contribution in [-0.4, -0.2) is 46.4 Å². The minimum absolute atomic E-state index is 0.140. The molecule has 0 aliphatic carbocycles. The van der Waals surface area contributed by atoms with Gasteiger partial charge in [0, 0.05) is 29.6 Å². The SMILES string of the molecule is O=C(CCS(=O)(=O)c1ccc(Cl)cc1)Nc1cc(Cl)ccc1N1CCOCC1. The Morgan fingerprint density at radius 1 is 1.04 bits per heavy atom. The monoisotopic (exact) mass is 442 g/mol. The van der Waals surface area contributed by atoms with Gasteiger partial charge < -0.3 is 15.0 Å². The Morgan fingerprint density at radius 2 is 1.68 bits per heavy atom. The van der Waals surface area contributed by atoms with Crippen molar-refractivity contribution < 1.29 is 17.9 Å². The molecule has 1 amide bonds. The van der Waals surface area contributed by atoms with Crippen molar-refractivity contribution >= 4 is 50.3 Å². The molecule has 1 aliphatic rings. The molecule has 150 valence electrons. The van der Waals surface area contributed by atoms with E-state index in [4.69, 9.17) is 27.9 Å². The van der Waals surface area contributed by atoms with E-state index in [1.807, 2.05) is 6.07 Å². The molecule has 1 heterocycles. The number of rotatable bonds is 6. The van der Waals surface area contributed by atoms with Crippen LogP contribution in [0.5, 0.6) is 0 Å². The first kappa shape index (κ1) is 20.9. The summed E-state index contributed by atoms with van der Waals surface area (Å²) in [5.41, 5.74) is 1.39. The molecule has 1 saturated heterocycles. The molecular weight excluding hydrogens is 423 g/mol. The number of nitrogens with one attached hydrogen (secondary N) is 1. The average molecular weight is 443 g/mol. The fourth-order valence-electron chi connectivity index (χ4n) is 2.89. The largest absolute Gasteiger partial charge is 0.378 e. The third-order valence-corrected chi connectivity index (χ3v) is 6.57. The predicted molar refractivity (Wildman–Crippen MR) is 111 cm³/mol. The highest BCUT2D eigenvalue weighted by Crippen LogP contribution is 2.30. The number of anilines is 2. The molecule has 0 saturated carbocycles. The number of halogens is 2. The first-order chi connectivity index (χ1) is 13.3. The van der Waals surface area contributed by atoms with Gasteiger partial charge in [-0.15, -0.1) is 0 Å². The molecule has 2 aromatic rings. The minimum atomic E-state index is -3.58. The van der Waals surface area contributed by atoms with Crippen molar-refractivity contribution in [3.05, 3.63) is 52.5 Å². The molecule has 0 radical (unpaired) electrons. The van der Waals surface area contributed by atoms with Crippen LogP contribution >= 0.6 is 23.2 Å². The molecule has 2 aromatic carbocycles. The summed E-state index contributed by atoms with van der Waals surface area (Å²) in [5.74, 6) is -0.692. The summed E-state index contributed by atoms with van der Waals surface area (Å²) in [4.78, 5) is 14.6. The van der Waals surface area contributed by atoms with Crippen molar-refractivity contribution in [1.82, 2.24) is 0 Å². The standard InChI is InChI=1S/C19H20Cl2N2O4S/c20-14-1-4-16(5-2-14)28(25,26)12-7-19(24)22-17-13-15(21)3-6-18(17)23-8-10-27-11-9-23/h1-6,13H,7-12H2,(H,22,24). The van der Waals surface area contributed by atoms with Gasteiger partial charge in [-0.25, -0.2) is 8.42 Å². The van der Waals surface area contributed by atoms with E-state index in [9.17, 15) is 13.2 Å². The molecule has 1 N–H and O–H groups in total. The third kappa shape index (κ3) is 5.38. The van der Waals surface area contributed by atoms with Crippen LogP contribution in [0.2, 0.25) is 10.0 Å². The zero-order valence-electron chi connectivity index (χ0n) is 15.0. The van der Waals surface area contributed by atoms with Crippen LogP contribution in [-0.2, 0) is 19.4 Å². The van der Waals surface area contributed by atoms with E-state index in [1.54, 1.807) is 12.1 Å². The zero-order chi connectivity index (χ0) is 20.1. The third-order valence-electron chi connectivity index (χ3n) is 4.36. The molecule has 3 rings (SSSR count). The molecule has 1 aliphatic heterocycles. The maximum Gasteiger partial charge on any atom is 0.225 e. The Bertz CT molecular complexity index is 943. The first-order valence-corrected chi connectivity index (χ1v) is 11.2. The number of amides is 1. The Labute approximate surface area is 174 Å². The number of nitrogens with zero attached hydrogens (tertiary/aromatic N) is 1. The van der Waals surface area contributed by atoms with Crippen molar-refractivity contribution in [3.63, 3.8) is 0 Å². The van der Waals surface area contributed by atoms with Gasteiger partial charge in [0.2, 0.25) is 5.91 Å². The molecule has 0 bridgehead atoms. The van der Waals surface area contributed by atoms with E-state index in [0.717, 1.165) is 5.69 Å². The Hall–Kier alpha value is -1.80. The van der Waals surface area contributed by atoms with Gasteiger partial charge in [0.1, 0.15) is 0 Å². The number of ether oxygens (including phenoxy) is 1. The summed E-state index contributed by atoms with van der Waals surface area (Å²) in [6.07, 6.45) is -0.167. The highest BCUT2D eigenvalue weighted by Gasteiger charge is 2.19. The van der Waals surface area contributed by atoms with Gasteiger partial charge in [-0.3, -0.25) is 4.79 Å². The van der Waals surface area contributed by atoms with Gasteiger partial charge in [-0.05, 0) is 42.5 Å². The minimum Gasteiger partial charge on any atom is -0.378 e. The molecule has 6 nitrogen and oxygen atoms in total. The van der Waals surface area contributed by atoms with Crippen LogP contribution in [0.3, 0.4) is 0 Å². The molecular formula is C19H20Cl2N2O4S. The average Bonchev–Trinajstić information content (AvgIpc) is 2.68. The van der Waals surface area contributed by atoms with Gasteiger partial charge in [-0.2, -0.15) is 0 Å². The van der Waals surface area contributed by atoms with Crippen molar-refractivity contribution in [2.45, 2.75) is 11.3 Å². The van der Waals surface area contributed by atoms with E-state index < -0.39 is 15.7 Å². The summed E-state index contributed by atoms with van der Waals surface area (Å²) in [6, 6.07) is 11.1. The highest BCUT2D eigenvalue weighted by molar-refractivity contribution is 7.91. The lowest BCUT2D eigenvalue weighted by molar-refractivity contribution is -0.115. The summed E-state index contributed by atoms with van der Waals surface area (Å²) >= 11 is 11.9. The van der Waals surface area contributed by atoms with Gasteiger partial charge in [0.15, 0.2) is 9.84 Å². The normalized spacial score (nSPS) is 14.7. The molecule has 28 heavy (non-hydrogen) atoms. The summed E-state index contributed by atoms with van der Waals surface area (Å²) in [6.45, 7) is 2.62. The molecule has 0 spiro atoms. The van der Waals surface area contributed by atoms with Crippen molar-refractivity contribution in [2.24, 2.45) is 0 Å². The summed E-state index contributed by atoms with van der Waals surface area (Å²) < 4.78 is 30.2. The van der Waals surface area contributed by atoms with E-state index in [0.29, 0.717) is 42.0 Å². The van der Waals surface area contributed by atoms with Crippen LogP contribution in [0.4, 0.5) is 11.4 Å². The number of carbonyl (C=O) groups excluding carboxylic acids is 1. The fraction of sp³-hybridized carbons (Fsp3) is 0.316. The Balaban J connectivity index is 1.67. The first-order valence-electron chi connectivity index (χ1n) is 8.75. The van der Waals surface area contributed by atoms with E-state index in [1.165, 1.54) is 24.3 Å². The van der Waals surface area contributed by atoms with Gasteiger partial charge in [0.25, 0.3) is 0 Å². The molecule has 1 fully saturated rings. The van der Waals surface area contributed by atoms with Crippen LogP contribution in [0.15, 0.2) is 47.4 Å². The van der Waals surface area contributed by atoms with E-state index >= 15 is 0 Å². The van der Waals surface area contributed by atoms with Crippen LogP contribution in [0.1, 0.15) is 6.42 Å². The smallest absolute Gasteiger partial charge is 0.225 e. The number of sulfone groups is 1. The van der Waals surface area contributed by atoms with Crippen molar-refractivity contribution in [2.75, 3.05) is 42.3 Å². The summed E-state index contributed by atoms with van der Waals surface area (Å²) in [5, 5.41) is 3.73. The maximum atomic E-state index is 12.4. The van der Waals surface area contributed by atoms with Gasteiger partial charge in [0.05, 0.1) is 35.2 Å². The lowest BCUT2D eigenvalue weighted by atomic mass is 10.2. The van der Waals surface area contributed by atoms with Crippen molar-refractivity contribution in [1.29, 1.82) is 0 Å². The number of hydrogen-bond acceptors (Lipinski definition) is 5. The van der Waals surface area contributed by atoms with E-state index in [2.05, 4.69) is 10.2 Å². The topological polar surface area (TPSA) is 75.7 Å². The van der Waals surface area contributed by atoms with Crippen LogP contribution < -0.4 is 10.2 Å². The predicted octanol–water partition coefficient (Wildman–Crippen LogP) is 3.63. The van der Waals surface area contributed by atoms with Gasteiger partial charge >= 0.3 is 0 Å². The maximum absolute atomic E-state index is 12.4. The number of benzene rings is 2. The lowest BCUT2D eigenvalue weighted by Gasteiger charge is -2.30.